The minimum absolute atomic E-state index is 0.128. The molecule has 0 aliphatic rings. The molecular formula is C22H33NOS2. The number of nitrogens with zero attached hydrogens (tertiary/aromatic N) is 1. The first-order valence-electron chi connectivity index (χ1n) is 9.26. The lowest BCUT2D eigenvalue weighted by atomic mass is 9.78. The Labute approximate surface area is 167 Å². The molecule has 2 aromatic rings. The molecule has 0 amide bonds. The third-order valence-corrected chi connectivity index (χ3v) is 6.51. The van der Waals surface area contributed by atoms with Crippen LogP contribution in [0.3, 0.4) is 0 Å². The molecule has 1 N–H and O–H groups in total. The Morgan fingerprint density at radius 3 is 1.92 bits per heavy atom. The number of aromatic hydroxyl groups is 1. The van der Waals surface area contributed by atoms with Gasteiger partial charge in [0.15, 0.2) is 4.34 Å². The third kappa shape index (κ3) is 4.64. The zero-order valence-corrected chi connectivity index (χ0v) is 19.3. The molecule has 4 heteroatoms. The second kappa shape index (κ2) is 7.55. The van der Waals surface area contributed by atoms with Crippen LogP contribution in [0.15, 0.2) is 16.5 Å². The fraction of sp³-hybridized carbons (Fsp3) is 0.591. The predicted molar refractivity (Wildman–Crippen MR) is 117 cm³/mol. The number of phenols is 1. The molecule has 1 heterocycles. The maximum absolute atomic E-state index is 11.0. The van der Waals surface area contributed by atoms with Crippen molar-refractivity contribution in [2.24, 2.45) is 5.92 Å². The van der Waals surface area contributed by atoms with Gasteiger partial charge in [-0.15, -0.1) is 11.3 Å². The molecule has 0 unspecified atom stereocenters. The van der Waals surface area contributed by atoms with Crippen molar-refractivity contribution in [3.8, 4) is 17.0 Å². The van der Waals surface area contributed by atoms with E-state index in [1.54, 1.807) is 23.1 Å². The van der Waals surface area contributed by atoms with Crippen LogP contribution in [0.1, 0.15) is 71.4 Å². The summed E-state index contributed by atoms with van der Waals surface area (Å²) in [6.07, 6.45) is 3.11. The zero-order chi connectivity index (χ0) is 19.9. The summed E-state index contributed by atoms with van der Waals surface area (Å²) in [5.74, 6) is 1.02. The van der Waals surface area contributed by atoms with Crippen molar-refractivity contribution < 1.29 is 5.11 Å². The number of benzene rings is 1. The van der Waals surface area contributed by atoms with Gasteiger partial charge >= 0.3 is 0 Å². The van der Waals surface area contributed by atoms with E-state index < -0.39 is 0 Å². The van der Waals surface area contributed by atoms with E-state index in [1.807, 2.05) is 0 Å². The third-order valence-electron chi connectivity index (χ3n) is 4.45. The normalized spacial score (nSPS) is 12.8. The van der Waals surface area contributed by atoms with Gasteiger partial charge in [0.25, 0.3) is 0 Å². The first-order valence-corrected chi connectivity index (χ1v) is 11.3. The van der Waals surface area contributed by atoms with Gasteiger partial charge in [0.2, 0.25) is 0 Å². The van der Waals surface area contributed by atoms with Gasteiger partial charge in [-0.3, -0.25) is 0 Å². The molecule has 0 radical (unpaired) electrons. The van der Waals surface area contributed by atoms with E-state index in [2.05, 4.69) is 73.8 Å². The standard InChI is InChI=1S/C22H33NOS2/c1-13(2)10-17-18(23-20(25-9)26-17)14-11-15(21(3,4)5)19(24)16(12-14)22(6,7)8/h11-13,24H,10H2,1-9H3. The average Bonchev–Trinajstić information content (AvgIpc) is 2.87. The molecular weight excluding hydrogens is 358 g/mol. The van der Waals surface area contributed by atoms with Gasteiger partial charge in [-0.05, 0) is 41.6 Å². The van der Waals surface area contributed by atoms with Crippen LogP contribution in [0.2, 0.25) is 0 Å². The summed E-state index contributed by atoms with van der Waals surface area (Å²) in [5, 5.41) is 11.0. The Morgan fingerprint density at radius 2 is 1.54 bits per heavy atom. The first kappa shape index (κ1) is 21.3. The summed E-state index contributed by atoms with van der Waals surface area (Å²) in [6.45, 7) is 17.4. The maximum Gasteiger partial charge on any atom is 0.150 e. The van der Waals surface area contributed by atoms with Crippen LogP contribution in [0.5, 0.6) is 5.75 Å². The molecule has 1 aromatic heterocycles. The van der Waals surface area contributed by atoms with Gasteiger partial charge in [0.1, 0.15) is 5.75 Å². The van der Waals surface area contributed by atoms with Crippen LogP contribution >= 0.6 is 23.1 Å². The van der Waals surface area contributed by atoms with Crippen LogP contribution in [0, 0.1) is 5.92 Å². The second-order valence-corrected chi connectivity index (χ2v) is 11.6. The van der Waals surface area contributed by atoms with Crippen LogP contribution in [-0.2, 0) is 17.3 Å². The van der Waals surface area contributed by atoms with Crippen molar-refractivity contribution >= 4 is 23.1 Å². The highest BCUT2D eigenvalue weighted by molar-refractivity contribution is 8.00. The van der Waals surface area contributed by atoms with Gasteiger partial charge in [-0.2, -0.15) is 0 Å². The molecule has 0 aliphatic heterocycles. The summed E-state index contributed by atoms with van der Waals surface area (Å²) < 4.78 is 1.11. The molecule has 0 saturated heterocycles. The van der Waals surface area contributed by atoms with Crippen LogP contribution in [-0.4, -0.2) is 16.3 Å². The van der Waals surface area contributed by atoms with Gasteiger partial charge < -0.3 is 5.11 Å². The number of phenolic OH excluding ortho intramolecular Hbond substituents is 1. The Bertz CT molecular complexity index is 741. The highest BCUT2D eigenvalue weighted by atomic mass is 32.2. The number of thiazole rings is 1. The average molecular weight is 392 g/mol. The van der Waals surface area contributed by atoms with Gasteiger partial charge in [-0.25, -0.2) is 4.98 Å². The lowest BCUT2D eigenvalue weighted by Gasteiger charge is -2.28. The zero-order valence-electron chi connectivity index (χ0n) is 17.7. The van der Waals surface area contributed by atoms with Crippen molar-refractivity contribution in [3.05, 3.63) is 28.1 Å². The lowest BCUT2D eigenvalue weighted by Crippen LogP contribution is -2.17. The Morgan fingerprint density at radius 1 is 1.04 bits per heavy atom. The van der Waals surface area contributed by atoms with Crippen LogP contribution in [0.25, 0.3) is 11.3 Å². The number of hydrogen-bond donors (Lipinski definition) is 1. The minimum atomic E-state index is -0.128. The molecule has 2 nitrogen and oxygen atoms in total. The van der Waals surface area contributed by atoms with E-state index in [4.69, 9.17) is 4.98 Å². The monoisotopic (exact) mass is 391 g/mol. The number of hydrogen-bond acceptors (Lipinski definition) is 4. The smallest absolute Gasteiger partial charge is 0.150 e. The molecule has 26 heavy (non-hydrogen) atoms. The summed E-state index contributed by atoms with van der Waals surface area (Å²) in [6, 6.07) is 4.29. The van der Waals surface area contributed by atoms with Crippen LogP contribution in [0.4, 0.5) is 0 Å². The van der Waals surface area contributed by atoms with Crippen LogP contribution < -0.4 is 0 Å². The molecule has 0 fully saturated rings. The summed E-state index contributed by atoms with van der Waals surface area (Å²) in [7, 11) is 0. The van der Waals surface area contributed by atoms with E-state index in [-0.39, 0.29) is 10.8 Å². The molecule has 0 saturated carbocycles. The quantitative estimate of drug-likeness (QED) is 0.568. The molecule has 144 valence electrons. The van der Waals surface area contributed by atoms with Gasteiger partial charge in [-0.1, -0.05) is 67.2 Å². The second-order valence-electron chi connectivity index (χ2n) is 9.47. The maximum atomic E-state index is 11.0. The molecule has 1 aromatic carbocycles. The number of aromatic nitrogens is 1. The summed E-state index contributed by atoms with van der Waals surface area (Å²) in [5.41, 5.74) is 3.95. The van der Waals surface area contributed by atoms with Crippen molar-refractivity contribution in [1.29, 1.82) is 0 Å². The van der Waals surface area contributed by atoms with E-state index in [9.17, 15) is 5.11 Å². The van der Waals surface area contributed by atoms with Crippen molar-refractivity contribution in [1.82, 2.24) is 4.98 Å². The topological polar surface area (TPSA) is 33.1 Å². The summed E-state index contributed by atoms with van der Waals surface area (Å²) in [4.78, 5) is 6.27. The molecule has 0 bridgehead atoms. The van der Waals surface area contributed by atoms with E-state index in [1.165, 1.54) is 4.88 Å². The van der Waals surface area contributed by atoms with Gasteiger partial charge in [0, 0.05) is 21.6 Å². The molecule has 0 spiro atoms. The Hall–Kier alpha value is -1.00. The fourth-order valence-electron chi connectivity index (χ4n) is 3.07. The summed E-state index contributed by atoms with van der Waals surface area (Å²) >= 11 is 3.51. The van der Waals surface area contributed by atoms with Crippen molar-refractivity contribution in [2.75, 3.05) is 6.26 Å². The largest absolute Gasteiger partial charge is 0.507 e. The first-order chi connectivity index (χ1) is 11.8. The minimum Gasteiger partial charge on any atom is -0.507 e. The SMILES string of the molecule is CSc1nc(-c2cc(C(C)(C)C)c(O)c(C(C)(C)C)c2)c(CC(C)C)s1. The fourth-order valence-corrected chi connectivity index (χ4v) is 4.91. The molecule has 2 rings (SSSR count). The highest BCUT2D eigenvalue weighted by Gasteiger charge is 2.28. The predicted octanol–water partition coefficient (Wildman–Crippen LogP) is 7.03. The molecule has 0 atom stereocenters. The number of thioether (sulfide) groups is 1. The van der Waals surface area contributed by atoms with E-state index >= 15 is 0 Å². The van der Waals surface area contributed by atoms with Crippen molar-refractivity contribution in [2.45, 2.75) is 77.0 Å². The Balaban J connectivity index is 2.76. The number of rotatable bonds is 4. The molecule has 0 aliphatic carbocycles. The van der Waals surface area contributed by atoms with E-state index in [0.717, 1.165) is 33.1 Å². The van der Waals surface area contributed by atoms with Gasteiger partial charge in [0.05, 0.1) is 5.69 Å². The highest BCUT2D eigenvalue weighted by Crippen LogP contribution is 2.43. The van der Waals surface area contributed by atoms with Crippen molar-refractivity contribution in [3.63, 3.8) is 0 Å². The van der Waals surface area contributed by atoms with E-state index in [0.29, 0.717) is 11.7 Å². The lowest BCUT2D eigenvalue weighted by molar-refractivity contribution is 0.423. The Kier molecular flexibility index (Phi) is 6.19.